The molecular formula is C18H23N3O5S. The molecule has 27 heavy (non-hydrogen) atoms. The average Bonchev–Trinajstić information content (AvgIpc) is 3.30. The molecular weight excluding hydrogens is 370 g/mol. The van der Waals surface area contributed by atoms with Crippen molar-refractivity contribution in [3.8, 4) is 0 Å². The van der Waals surface area contributed by atoms with Gasteiger partial charge < -0.3 is 14.2 Å². The van der Waals surface area contributed by atoms with Gasteiger partial charge in [0, 0.05) is 33.3 Å². The molecule has 2 aromatic rings. The van der Waals surface area contributed by atoms with Gasteiger partial charge in [0.05, 0.1) is 16.1 Å². The molecule has 8 nitrogen and oxygen atoms in total. The number of aryl methyl sites for hydroxylation is 1. The van der Waals surface area contributed by atoms with Gasteiger partial charge in [0.1, 0.15) is 18.1 Å². The van der Waals surface area contributed by atoms with E-state index in [4.69, 9.17) is 9.26 Å². The normalized spacial score (nSPS) is 14.7. The number of sulfonamides is 1. The zero-order chi connectivity index (χ0) is 19.6. The topological polar surface area (TPSA) is 93.0 Å². The lowest BCUT2D eigenvalue weighted by molar-refractivity contribution is 0.0464. The van der Waals surface area contributed by atoms with Crippen LogP contribution in [0.4, 0.5) is 5.69 Å². The van der Waals surface area contributed by atoms with Gasteiger partial charge in [-0.25, -0.2) is 17.5 Å². The van der Waals surface area contributed by atoms with E-state index in [1.54, 1.807) is 19.1 Å². The van der Waals surface area contributed by atoms with Crippen molar-refractivity contribution in [3.05, 3.63) is 41.3 Å². The molecule has 0 aliphatic carbocycles. The summed E-state index contributed by atoms with van der Waals surface area (Å²) in [5.41, 5.74) is 1.42. The molecule has 1 fully saturated rings. The molecule has 1 saturated heterocycles. The number of nitrogens with zero attached hydrogens (tertiary/aromatic N) is 3. The summed E-state index contributed by atoms with van der Waals surface area (Å²) in [5, 5.41) is 3.80. The van der Waals surface area contributed by atoms with Crippen LogP contribution < -0.4 is 4.90 Å². The van der Waals surface area contributed by atoms with Crippen LogP contribution in [0.2, 0.25) is 0 Å². The molecule has 0 saturated carbocycles. The summed E-state index contributed by atoms with van der Waals surface area (Å²) in [6.45, 7) is 3.35. The van der Waals surface area contributed by atoms with Gasteiger partial charge in [-0.3, -0.25) is 0 Å². The maximum atomic E-state index is 12.7. The third-order valence-corrected chi connectivity index (χ3v) is 6.25. The quantitative estimate of drug-likeness (QED) is 0.695. The third-order valence-electron chi connectivity index (χ3n) is 4.44. The van der Waals surface area contributed by atoms with Crippen LogP contribution in [0.25, 0.3) is 0 Å². The fourth-order valence-corrected chi connectivity index (χ4v) is 3.92. The van der Waals surface area contributed by atoms with E-state index in [0.717, 1.165) is 30.2 Å². The highest BCUT2D eigenvalue weighted by Crippen LogP contribution is 2.29. The first-order chi connectivity index (χ1) is 12.8. The van der Waals surface area contributed by atoms with E-state index in [1.807, 2.05) is 0 Å². The lowest BCUT2D eigenvalue weighted by atomic mass is 10.1. The van der Waals surface area contributed by atoms with Gasteiger partial charge in [-0.2, -0.15) is 0 Å². The van der Waals surface area contributed by atoms with Crippen LogP contribution in [0.15, 0.2) is 33.7 Å². The molecule has 146 valence electrons. The zero-order valence-electron chi connectivity index (χ0n) is 15.6. The van der Waals surface area contributed by atoms with Gasteiger partial charge >= 0.3 is 5.97 Å². The Morgan fingerprint density at radius 2 is 1.96 bits per heavy atom. The molecule has 0 amide bonds. The largest absolute Gasteiger partial charge is 0.455 e. The fraction of sp³-hybridized carbons (Fsp3) is 0.444. The van der Waals surface area contributed by atoms with Crippen LogP contribution in [0, 0.1) is 6.92 Å². The average molecular weight is 393 g/mol. The maximum absolute atomic E-state index is 12.7. The second-order valence-corrected chi connectivity index (χ2v) is 8.82. The molecule has 0 atom stereocenters. The van der Waals surface area contributed by atoms with Crippen LogP contribution >= 0.6 is 0 Å². The van der Waals surface area contributed by atoms with Crippen molar-refractivity contribution in [3.63, 3.8) is 0 Å². The molecule has 1 aromatic carbocycles. The lowest BCUT2D eigenvalue weighted by Crippen LogP contribution is -2.24. The summed E-state index contributed by atoms with van der Waals surface area (Å²) in [4.78, 5) is 14.9. The first-order valence-electron chi connectivity index (χ1n) is 8.70. The predicted molar refractivity (Wildman–Crippen MR) is 99.1 cm³/mol. The van der Waals surface area contributed by atoms with Crippen LogP contribution in [0.5, 0.6) is 0 Å². The molecule has 9 heteroatoms. The first kappa shape index (κ1) is 19.4. The van der Waals surface area contributed by atoms with Gasteiger partial charge in [-0.15, -0.1) is 0 Å². The van der Waals surface area contributed by atoms with E-state index in [0.29, 0.717) is 17.1 Å². The Hall–Kier alpha value is -2.39. The number of hydrogen-bond acceptors (Lipinski definition) is 7. The van der Waals surface area contributed by atoms with Gasteiger partial charge in [-0.05, 0) is 38.0 Å². The molecule has 0 N–H and O–H groups in total. The van der Waals surface area contributed by atoms with Crippen molar-refractivity contribution in [2.24, 2.45) is 0 Å². The van der Waals surface area contributed by atoms with Crippen LogP contribution in [0.3, 0.4) is 0 Å². The van der Waals surface area contributed by atoms with Crippen LogP contribution in [0.1, 0.15) is 34.7 Å². The number of anilines is 1. The SMILES string of the molecule is Cc1cc(COC(=O)c2cc(S(=O)(=O)N(C)C)ccc2N2CCCC2)no1. The molecule has 1 aliphatic heterocycles. The highest BCUT2D eigenvalue weighted by Gasteiger charge is 2.25. The number of ether oxygens (including phenoxy) is 1. The summed E-state index contributed by atoms with van der Waals surface area (Å²) in [6, 6.07) is 6.28. The molecule has 3 rings (SSSR count). The number of hydrogen-bond donors (Lipinski definition) is 0. The maximum Gasteiger partial charge on any atom is 0.340 e. The Bertz CT molecular complexity index is 930. The second-order valence-electron chi connectivity index (χ2n) is 6.67. The van der Waals surface area contributed by atoms with Crippen molar-refractivity contribution in [1.82, 2.24) is 9.46 Å². The first-order valence-corrected chi connectivity index (χ1v) is 10.1. The number of carbonyl (C=O) groups excluding carboxylic acids is 1. The minimum absolute atomic E-state index is 0.0414. The Morgan fingerprint density at radius 1 is 1.26 bits per heavy atom. The van der Waals surface area contributed by atoms with E-state index in [9.17, 15) is 13.2 Å². The van der Waals surface area contributed by atoms with Crippen molar-refractivity contribution in [2.45, 2.75) is 31.3 Å². The van der Waals surface area contributed by atoms with E-state index >= 15 is 0 Å². The summed E-state index contributed by atoms with van der Waals surface area (Å²) in [7, 11) is -0.751. The van der Waals surface area contributed by atoms with E-state index in [2.05, 4.69) is 10.1 Å². The smallest absolute Gasteiger partial charge is 0.340 e. The van der Waals surface area contributed by atoms with E-state index < -0.39 is 16.0 Å². The number of aromatic nitrogens is 1. The summed E-state index contributed by atoms with van der Waals surface area (Å²) >= 11 is 0. The van der Waals surface area contributed by atoms with Crippen molar-refractivity contribution in [1.29, 1.82) is 0 Å². The van der Waals surface area contributed by atoms with Crippen LogP contribution in [-0.2, 0) is 21.4 Å². The molecule has 0 radical (unpaired) electrons. The van der Waals surface area contributed by atoms with Crippen LogP contribution in [-0.4, -0.2) is 51.0 Å². The van der Waals surface area contributed by atoms with Crippen molar-refractivity contribution >= 4 is 21.7 Å². The lowest BCUT2D eigenvalue weighted by Gasteiger charge is -2.22. The van der Waals surface area contributed by atoms with E-state index in [-0.39, 0.29) is 17.1 Å². The minimum atomic E-state index is -3.66. The third kappa shape index (κ3) is 4.14. The fourth-order valence-electron chi connectivity index (χ4n) is 2.99. The Kier molecular flexibility index (Phi) is 5.52. The monoisotopic (exact) mass is 393 g/mol. The highest BCUT2D eigenvalue weighted by molar-refractivity contribution is 7.89. The van der Waals surface area contributed by atoms with Crippen molar-refractivity contribution in [2.75, 3.05) is 32.1 Å². The number of rotatable bonds is 6. The Balaban J connectivity index is 1.92. The summed E-state index contributed by atoms with van der Waals surface area (Å²) < 4.78 is 36.4. The van der Waals surface area contributed by atoms with Gasteiger partial charge in [0.2, 0.25) is 10.0 Å². The summed E-state index contributed by atoms with van der Waals surface area (Å²) in [6.07, 6.45) is 2.06. The molecule has 1 aliphatic rings. The molecule has 0 bridgehead atoms. The van der Waals surface area contributed by atoms with E-state index in [1.165, 1.54) is 26.2 Å². The summed E-state index contributed by atoms with van der Waals surface area (Å²) in [5.74, 6) is 0.0336. The minimum Gasteiger partial charge on any atom is -0.455 e. The second kappa shape index (κ2) is 7.69. The van der Waals surface area contributed by atoms with Gasteiger partial charge in [0.25, 0.3) is 0 Å². The van der Waals surface area contributed by atoms with Gasteiger partial charge in [0.15, 0.2) is 0 Å². The molecule has 0 unspecified atom stereocenters. The standard InChI is InChI=1S/C18H23N3O5S/c1-13-10-14(19-26-13)12-25-18(22)16-11-15(27(23,24)20(2)3)6-7-17(16)21-8-4-5-9-21/h6-7,10-11H,4-5,8-9,12H2,1-3H3. The predicted octanol–water partition coefficient (Wildman–Crippen LogP) is 2.19. The highest BCUT2D eigenvalue weighted by atomic mass is 32.2. The molecule has 1 aromatic heterocycles. The van der Waals surface area contributed by atoms with Gasteiger partial charge in [-0.1, -0.05) is 5.16 Å². The number of benzene rings is 1. The number of carbonyl (C=O) groups is 1. The molecule has 2 heterocycles. The Morgan fingerprint density at radius 3 is 2.56 bits per heavy atom. The Labute approximate surface area is 158 Å². The van der Waals surface area contributed by atoms with Crippen molar-refractivity contribution < 1.29 is 22.5 Å². The number of esters is 1. The molecule has 0 spiro atoms. The zero-order valence-corrected chi connectivity index (χ0v) is 16.5.